The van der Waals surface area contributed by atoms with Crippen LogP contribution in [0.2, 0.25) is 0 Å². The minimum Gasteiger partial charge on any atom is -1.00 e. The molecule has 1 heterocycles. The second-order valence-corrected chi connectivity index (χ2v) is 7.73. The highest BCUT2D eigenvalue weighted by Gasteiger charge is 2.15. The summed E-state index contributed by atoms with van der Waals surface area (Å²) in [5, 5.41) is 4.73. The first-order chi connectivity index (χ1) is 15.9. The van der Waals surface area contributed by atoms with Crippen molar-refractivity contribution in [2.45, 2.75) is 0 Å². The molecular formula is C29H20N3-. The number of hydrogen-bond acceptors (Lipinski definition) is 3. The minimum absolute atomic E-state index is 0. The lowest BCUT2D eigenvalue weighted by atomic mass is 9.97. The lowest BCUT2D eigenvalue weighted by Crippen LogP contribution is -2.00. The van der Waals surface area contributed by atoms with Crippen molar-refractivity contribution in [3.8, 4) is 34.2 Å². The Morgan fingerprint density at radius 1 is 0.406 bits per heavy atom. The van der Waals surface area contributed by atoms with Crippen molar-refractivity contribution in [3.05, 3.63) is 115 Å². The normalized spacial score (nSPS) is 11.1. The van der Waals surface area contributed by atoms with Gasteiger partial charge in [-0.05, 0) is 27.6 Å². The van der Waals surface area contributed by atoms with Gasteiger partial charge in [-0.3, -0.25) is 0 Å². The van der Waals surface area contributed by atoms with Crippen LogP contribution in [0.15, 0.2) is 115 Å². The molecule has 3 heteroatoms. The predicted octanol–water partition coefficient (Wildman–Crippen LogP) is 7.29. The molecule has 0 aliphatic rings. The number of hydrogen-bond donors (Lipinski definition) is 0. The molecule has 0 bridgehead atoms. The topological polar surface area (TPSA) is 38.7 Å². The largest absolute Gasteiger partial charge is 1.00 e. The summed E-state index contributed by atoms with van der Waals surface area (Å²) in [5.74, 6) is 2.03. The summed E-state index contributed by atoms with van der Waals surface area (Å²) in [6.45, 7) is 0. The first kappa shape index (κ1) is 18.4. The first-order valence-electron chi connectivity index (χ1n) is 10.6. The molecule has 0 amide bonds. The minimum atomic E-state index is 0. The first-order valence-corrected chi connectivity index (χ1v) is 10.6. The zero-order valence-corrected chi connectivity index (χ0v) is 17.3. The third-order valence-corrected chi connectivity index (χ3v) is 5.71. The van der Waals surface area contributed by atoms with Crippen molar-refractivity contribution < 1.29 is 1.43 Å². The molecule has 0 saturated carbocycles. The Hall–Kier alpha value is -4.37. The molecule has 0 fully saturated rings. The molecule has 152 valence electrons. The molecule has 0 saturated heterocycles. The molecule has 0 aliphatic heterocycles. The van der Waals surface area contributed by atoms with E-state index in [-0.39, 0.29) is 1.43 Å². The molecule has 1 aromatic heterocycles. The monoisotopic (exact) mass is 412 g/mol. The maximum atomic E-state index is 4.93. The van der Waals surface area contributed by atoms with Gasteiger partial charge in [-0.15, -0.1) is 0 Å². The van der Waals surface area contributed by atoms with E-state index in [1.54, 1.807) is 0 Å². The highest BCUT2D eigenvalue weighted by molar-refractivity contribution is 6.13. The van der Waals surface area contributed by atoms with Crippen molar-refractivity contribution in [2.24, 2.45) is 0 Å². The Morgan fingerprint density at radius 3 is 1.50 bits per heavy atom. The molecule has 32 heavy (non-hydrogen) atoms. The van der Waals surface area contributed by atoms with Crippen LogP contribution in [0.5, 0.6) is 0 Å². The van der Waals surface area contributed by atoms with E-state index in [2.05, 4.69) is 54.6 Å². The lowest BCUT2D eigenvalue weighted by molar-refractivity contribution is 1.08. The van der Waals surface area contributed by atoms with E-state index >= 15 is 0 Å². The van der Waals surface area contributed by atoms with Crippen LogP contribution in [0.25, 0.3) is 55.7 Å². The van der Waals surface area contributed by atoms with Crippen LogP contribution in [-0.4, -0.2) is 15.0 Å². The molecule has 0 radical (unpaired) electrons. The van der Waals surface area contributed by atoms with Gasteiger partial charge in [0.25, 0.3) is 0 Å². The molecule has 5 aromatic carbocycles. The highest BCUT2D eigenvalue weighted by Crippen LogP contribution is 2.34. The highest BCUT2D eigenvalue weighted by atomic mass is 15.0. The molecule has 0 unspecified atom stereocenters. The number of fused-ring (bicyclic) bond motifs is 3. The van der Waals surface area contributed by atoms with Gasteiger partial charge in [-0.1, -0.05) is 109 Å². The smallest absolute Gasteiger partial charge is 0.164 e. The van der Waals surface area contributed by atoms with Gasteiger partial charge in [0, 0.05) is 16.7 Å². The Morgan fingerprint density at radius 2 is 0.875 bits per heavy atom. The van der Waals surface area contributed by atoms with E-state index in [9.17, 15) is 0 Å². The summed E-state index contributed by atoms with van der Waals surface area (Å²) in [6.07, 6.45) is 0. The van der Waals surface area contributed by atoms with Gasteiger partial charge in [-0.25, -0.2) is 15.0 Å². The number of rotatable bonds is 3. The zero-order valence-electron chi connectivity index (χ0n) is 18.3. The third-order valence-electron chi connectivity index (χ3n) is 5.71. The Bertz CT molecular complexity index is 1510. The molecule has 0 aliphatic carbocycles. The van der Waals surface area contributed by atoms with Crippen LogP contribution >= 0.6 is 0 Å². The van der Waals surface area contributed by atoms with Crippen LogP contribution in [0.1, 0.15) is 1.43 Å². The maximum Gasteiger partial charge on any atom is 0.164 e. The number of nitrogens with zero attached hydrogens (tertiary/aromatic N) is 3. The zero-order chi connectivity index (χ0) is 21.3. The van der Waals surface area contributed by atoms with Gasteiger partial charge in [0.15, 0.2) is 17.5 Å². The van der Waals surface area contributed by atoms with E-state index in [1.165, 1.54) is 16.2 Å². The van der Waals surface area contributed by atoms with Gasteiger partial charge in [-0.2, -0.15) is 0 Å². The summed E-state index contributed by atoms with van der Waals surface area (Å²) in [7, 11) is 0. The molecular weight excluding hydrogens is 390 g/mol. The Balaban J connectivity index is 0.00000228. The molecule has 6 aromatic rings. The van der Waals surface area contributed by atoms with Crippen molar-refractivity contribution >= 4 is 21.5 Å². The standard InChI is InChI=1S/C29H19N3.H/c1-3-11-20(12-4-1)27-30-28(21-13-5-2-6-14-21)32-29(31-27)26-19-22-15-7-8-16-23(22)24-17-9-10-18-25(24)26;/h1-19H;/q;-1/i;1+2. The summed E-state index contributed by atoms with van der Waals surface area (Å²) in [6, 6.07) is 39.3. The van der Waals surface area contributed by atoms with Crippen molar-refractivity contribution in [2.75, 3.05) is 0 Å². The van der Waals surface area contributed by atoms with E-state index in [4.69, 9.17) is 15.0 Å². The second kappa shape index (κ2) is 7.71. The van der Waals surface area contributed by atoms with Gasteiger partial charge in [0.2, 0.25) is 0 Å². The van der Waals surface area contributed by atoms with Gasteiger partial charge in [0.1, 0.15) is 0 Å². The average molecular weight is 413 g/mol. The summed E-state index contributed by atoms with van der Waals surface area (Å²) in [5.41, 5.74) is 2.95. The second-order valence-electron chi connectivity index (χ2n) is 7.73. The number of benzene rings is 5. The van der Waals surface area contributed by atoms with Crippen LogP contribution in [0, 0.1) is 0 Å². The summed E-state index contributed by atoms with van der Waals surface area (Å²) >= 11 is 0. The van der Waals surface area contributed by atoms with Gasteiger partial charge < -0.3 is 1.43 Å². The molecule has 0 spiro atoms. The fourth-order valence-electron chi connectivity index (χ4n) is 4.17. The molecule has 0 N–H and O–H groups in total. The van der Waals surface area contributed by atoms with E-state index in [1.807, 2.05) is 60.7 Å². The van der Waals surface area contributed by atoms with Crippen molar-refractivity contribution in [3.63, 3.8) is 0 Å². The van der Waals surface area contributed by atoms with E-state index in [0.29, 0.717) is 17.5 Å². The van der Waals surface area contributed by atoms with E-state index < -0.39 is 0 Å². The van der Waals surface area contributed by atoms with Crippen LogP contribution in [0.3, 0.4) is 0 Å². The van der Waals surface area contributed by atoms with Gasteiger partial charge in [0.05, 0.1) is 0 Å². The predicted molar refractivity (Wildman–Crippen MR) is 132 cm³/mol. The van der Waals surface area contributed by atoms with Gasteiger partial charge >= 0.3 is 0 Å². The lowest BCUT2D eigenvalue weighted by Gasteiger charge is -2.12. The third kappa shape index (κ3) is 3.21. The summed E-state index contributed by atoms with van der Waals surface area (Å²) < 4.78 is 0. The maximum absolute atomic E-state index is 4.93. The quantitative estimate of drug-likeness (QED) is 0.286. The SMILES string of the molecule is [3H-].c1ccc(-c2nc(-c3ccccc3)nc(-c3cc4ccccc4c4ccccc34)n2)cc1. The number of aromatic nitrogens is 3. The van der Waals surface area contributed by atoms with E-state index in [0.717, 1.165) is 22.1 Å². The van der Waals surface area contributed by atoms with Crippen molar-refractivity contribution in [1.29, 1.82) is 0 Å². The Labute approximate surface area is 187 Å². The van der Waals surface area contributed by atoms with Crippen molar-refractivity contribution in [1.82, 2.24) is 15.0 Å². The Kier molecular flexibility index (Phi) is 4.43. The summed E-state index contributed by atoms with van der Waals surface area (Å²) in [4.78, 5) is 14.7. The van der Waals surface area contributed by atoms with Crippen LogP contribution in [-0.2, 0) is 0 Å². The molecule has 3 nitrogen and oxygen atoms in total. The average Bonchev–Trinajstić information content (AvgIpc) is 2.89. The van der Waals surface area contributed by atoms with Crippen LogP contribution in [0.4, 0.5) is 0 Å². The van der Waals surface area contributed by atoms with Crippen LogP contribution < -0.4 is 0 Å². The molecule has 6 rings (SSSR count). The fourth-order valence-corrected chi connectivity index (χ4v) is 4.17. The molecule has 0 atom stereocenters. The fraction of sp³-hybridized carbons (Fsp3) is 0.